The Morgan fingerprint density at radius 2 is 2.09 bits per heavy atom. The van der Waals surface area contributed by atoms with Gasteiger partial charge in [-0.2, -0.15) is 5.26 Å². The number of hydrogen-bond acceptors (Lipinski definition) is 7. The SMILES string of the molecule is CCOC(=O)C1CN(C(C#N)c2ccc(N(C)c3cc4c(cn3)ncn4C)c(CC)c2)C1. The van der Waals surface area contributed by atoms with Crippen LogP contribution in [0.25, 0.3) is 11.0 Å². The summed E-state index contributed by atoms with van der Waals surface area (Å²) in [4.78, 5) is 24.9. The van der Waals surface area contributed by atoms with E-state index in [4.69, 9.17) is 4.74 Å². The van der Waals surface area contributed by atoms with Crippen LogP contribution in [0.3, 0.4) is 0 Å². The van der Waals surface area contributed by atoms with Crippen LogP contribution >= 0.6 is 0 Å². The minimum absolute atomic E-state index is 0.144. The van der Waals surface area contributed by atoms with E-state index < -0.39 is 0 Å². The van der Waals surface area contributed by atoms with Gasteiger partial charge in [0, 0.05) is 38.9 Å². The van der Waals surface area contributed by atoms with Crippen molar-refractivity contribution in [3.05, 3.63) is 47.9 Å². The molecule has 0 aliphatic carbocycles. The van der Waals surface area contributed by atoms with Crippen LogP contribution in [0.4, 0.5) is 11.5 Å². The average molecular weight is 433 g/mol. The molecule has 1 aliphatic heterocycles. The number of fused-ring (bicyclic) bond motifs is 1. The van der Waals surface area contributed by atoms with Crippen molar-refractivity contribution in [3.63, 3.8) is 0 Å². The highest BCUT2D eigenvalue weighted by atomic mass is 16.5. The van der Waals surface area contributed by atoms with Gasteiger partial charge in [0.15, 0.2) is 0 Å². The van der Waals surface area contributed by atoms with E-state index in [1.807, 2.05) is 42.6 Å². The van der Waals surface area contributed by atoms with Gasteiger partial charge >= 0.3 is 5.97 Å². The van der Waals surface area contributed by atoms with E-state index in [0.29, 0.717) is 19.7 Å². The van der Waals surface area contributed by atoms with Crippen molar-refractivity contribution in [3.8, 4) is 6.07 Å². The van der Waals surface area contributed by atoms with E-state index >= 15 is 0 Å². The summed E-state index contributed by atoms with van der Waals surface area (Å²) in [6, 6.07) is 10.2. The third-order valence-electron chi connectivity index (χ3n) is 6.12. The second kappa shape index (κ2) is 8.97. The minimum Gasteiger partial charge on any atom is -0.466 e. The number of likely N-dealkylation sites (tertiary alicyclic amines) is 1. The molecule has 4 rings (SSSR count). The highest BCUT2D eigenvalue weighted by Crippen LogP contribution is 2.34. The smallest absolute Gasteiger partial charge is 0.311 e. The molecule has 1 unspecified atom stereocenters. The Morgan fingerprint density at radius 1 is 1.31 bits per heavy atom. The van der Waals surface area contributed by atoms with E-state index in [2.05, 4.69) is 40.0 Å². The van der Waals surface area contributed by atoms with Gasteiger partial charge in [0.2, 0.25) is 0 Å². The maximum absolute atomic E-state index is 11.9. The second-order valence-corrected chi connectivity index (χ2v) is 8.12. The molecule has 1 atom stereocenters. The van der Waals surface area contributed by atoms with Crippen molar-refractivity contribution in [1.82, 2.24) is 19.4 Å². The zero-order valence-corrected chi connectivity index (χ0v) is 18.9. The molecule has 0 radical (unpaired) electrons. The lowest BCUT2D eigenvalue weighted by Crippen LogP contribution is -2.51. The molecule has 0 bridgehead atoms. The van der Waals surface area contributed by atoms with Gasteiger partial charge in [-0.05, 0) is 30.5 Å². The van der Waals surface area contributed by atoms with Crippen molar-refractivity contribution in [1.29, 1.82) is 5.26 Å². The van der Waals surface area contributed by atoms with Gasteiger partial charge in [-0.1, -0.05) is 19.1 Å². The molecule has 166 valence electrons. The Bertz CT molecular complexity index is 1170. The number of aromatic nitrogens is 3. The number of aryl methyl sites for hydroxylation is 2. The molecule has 0 N–H and O–H groups in total. The second-order valence-electron chi connectivity index (χ2n) is 8.12. The molecule has 3 aromatic rings. The molecule has 0 spiro atoms. The third kappa shape index (κ3) is 3.92. The average Bonchev–Trinajstić information content (AvgIpc) is 3.15. The van der Waals surface area contributed by atoms with E-state index in [0.717, 1.165) is 40.1 Å². The number of imidazole rings is 1. The zero-order chi connectivity index (χ0) is 22.8. The fourth-order valence-electron chi connectivity index (χ4n) is 4.21. The normalized spacial score (nSPS) is 15.2. The monoisotopic (exact) mass is 432 g/mol. The zero-order valence-electron chi connectivity index (χ0n) is 18.9. The third-order valence-corrected chi connectivity index (χ3v) is 6.12. The van der Waals surface area contributed by atoms with Crippen LogP contribution in [0.1, 0.15) is 31.0 Å². The Morgan fingerprint density at radius 3 is 2.78 bits per heavy atom. The molecule has 1 saturated heterocycles. The molecule has 0 amide bonds. The lowest BCUT2D eigenvalue weighted by atomic mass is 9.93. The molecule has 32 heavy (non-hydrogen) atoms. The molecule has 1 aromatic carbocycles. The summed E-state index contributed by atoms with van der Waals surface area (Å²) in [7, 11) is 3.97. The van der Waals surface area contributed by atoms with Crippen LogP contribution in [0.2, 0.25) is 0 Å². The van der Waals surface area contributed by atoms with Crippen LogP contribution in [0, 0.1) is 17.2 Å². The number of benzene rings is 1. The Balaban J connectivity index is 1.56. The minimum atomic E-state index is -0.380. The summed E-state index contributed by atoms with van der Waals surface area (Å²) < 4.78 is 7.08. The number of nitrogens with zero attached hydrogens (tertiary/aromatic N) is 6. The van der Waals surface area contributed by atoms with Crippen LogP contribution in [-0.4, -0.2) is 52.1 Å². The Labute approximate surface area is 188 Å². The largest absolute Gasteiger partial charge is 0.466 e. The number of pyridine rings is 1. The van der Waals surface area contributed by atoms with Gasteiger partial charge in [-0.15, -0.1) is 0 Å². The molecule has 0 saturated carbocycles. The van der Waals surface area contributed by atoms with E-state index in [1.54, 1.807) is 12.5 Å². The quantitative estimate of drug-likeness (QED) is 0.529. The maximum Gasteiger partial charge on any atom is 0.311 e. The van der Waals surface area contributed by atoms with Gasteiger partial charge in [0.05, 0.1) is 36.6 Å². The Hall–Kier alpha value is -3.44. The van der Waals surface area contributed by atoms with Crippen LogP contribution in [0.5, 0.6) is 0 Å². The highest BCUT2D eigenvalue weighted by Gasteiger charge is 2.38. The number of carbonyl (C=O) groups is 1. The number of ether oxygens (including phenoxy) is 1. The predicted octanol–water partition coefficient (Wildman–Crippen LogP) is 3.36. The summed E-state index contributed by atoms with van der Waals surface area (Å²) in [5, 5.41) is 9.83. The maximum atomic E-state index is 11.9. The molecule has 3 heterocycles. The van der Waals surface area contributed by atoms with Gasteiger partial charge in [0.1, 0.15) is 17.4 Å². The van der Waals surface area contributed by atoms with Gasteiger partial charge in [-0.25, -0.2) is 9.97 Å². The standard InChI is InChI=1S/C24H28N6O2/c1-5-16-9-17(22(11-25)30-13-18(14-30)24(31)32-6-2)7-8-20(16)29(4)23-10-21-19(12-26-23)27-15-28(21)3/h7-10,12,15,18,22H,5-6,13-14H2,1-4H3. The number of rotatable bonds is 7. The van der Waals surface area contributed by atoms with Gasteiger partial charge in [-0.3, -0.25) is 9.69 Å². The molecule has 8 heteroatoms. The Kier molecular flexibility index (Phi) is 6.10. The fourth-order valence-corrected chi connectivity index (χ4v) is 4.21. The molecular weight excluding hydrogens is 404 g/mol. The molecular formula is C24H28N6O2. The highest BCUT2D eigenvalue weighted by molar-refractivity contribution is 5.79. The van der Waals surface area contributed by atoms with E-state index in [1.165, 1.54) is 0 Å². The van der Waals surface area contributed by atoms with Crippen molar-refractivity contribution in [2.45, 2.75) is 26.3 Å². The van der Waals surface area contributed by atoms with Crippen molar-refractivity contribution in [2.24, 2.45) is 13.0 Å². The molecule has 2 aromatic heterocycles. The summed E-state index contributed by atoms with van der Waals surface area (Å²) >= 11 is 0. The predicted molar refractivity (Wildman–Crippen MR) is 122 cm³/mol. The van der Waals surface area contributed by atoms with Gasteiger partial charge < -0.3 is 14.2 Å². The van der Waals surface area contributed by atoms with Crippen molar-refractivity contribution < 1.29 is 9.53 Å². The summed E-state index contributed by atoms with van der Waals surface area (Å²) in [6.45, 7) is 5.40. The van der Waals surface area contributed by atoms with E-state index in [9.17, 15) is 10.1 Å². The van der Waals surface area contributed by atoms with Crippen LogP contribution in [0.15, 0.2) is 36.8 Å². The lowest BCUT2D eigenvalue weighted by Gasteiger charge is -2.40. The van der Waals surface area contributed by atoms with Crippen LogP contribution in [-0.2, 0) is 23.0 Å². The summed E-state index contributed by atoms with van der Waals surface area (Å²) in [5.74, 6) is 0.514. The first-order valence-corrected chi connectivity index (χ1v) is 10.9. The first-order chi connectivity index (χ1) is 15.5. The summed E-state index contributed by atoms with van der Waals surface area (Å²) in [5.41, 5.74) is 5.02. The number of nitriles is 1. The molecule has 8 nitrogen and oxygen atoms in total. The fraction of sp³-hybridized carbons (Fsp3) is 0.417. The van der Waals surface area contributed by atoms with E-state index in [-0.39, 0.29) is 17.9 Å². The first kappa shape index (κ1) is 21.8. The number of anilines is 2. The molecule has 1 aliphatic rings. The number of esters is 1. The van der Waals surface area contributed by atoms with Crippen molar-refractivity contribution >= 4 is 28.5 Å². The topological polar surface area (TPSA) is 87.3 Å². The summed E-state index contributed by atoms with van der Waals surface area (Å²) in [6.07, 6.45) is 4.40. The van der Waals surface area contributed by atoms with Crippen LogP contribution < -0.4 is 4.90 Å². The first-order valence-electron chi connectivity index (χ1n) is 10.9. The van der Waals surface area contributed by atoms with Crippen molar-refractivity contribution in [2.75, 3.05) is 31.6 Å². The molecule has 1 fully saturated rings. The lowest BCUT2D eigenvalue weighted by molar-refractivity contribution is -0.154. The van der Waals surface area contributed by atoms with Gasteiger partial charge in [0.25, 0.3) is 0 Å². The number of carbonyl (C=O) groups excluding carboxylic acids is 1. The number of hydrogen-bond donors (Lipinski definition) is 0.